The van der Waals surface area contributed by atoms with E-state index < -0.39 is 0 Å². The molecule has 0 N–H and O–H groups in total. The van der Waals surface area contributed by atoms with Crippen molar-refractivity contribution in [2.24, 2.45) is 0 Å². The molecule has 1 fully saturated rings. The molecule has 1 rings (SSSR count). The van der Waals surface area contributed by atoms with Gasteiger partial charge in [-0.15, -0.1) is 0 Å². The third-order valence-electron chi connectivity index (χ3n) is 1.70. The molecule has 0 spiro atoms. The summed E-state index contributed by atoms with van der Waals surface area (Å²) in [5.41, 5.74) is 0. The predicted molar refractivity (Wildman–Crippen MR) is 39.5 cm³/mol. The van der Waals surface area contributed by atoms with Gasteiger partial charge in [0.25, 0.3) is 0 Å². The molecule has 1 nitrogen and oxygen atoms in total. The molecular formula is C8H16N. The fraction of sp³-hybridized carbons (Fsp3) is 1.00. The van der Waals surface area contributed by atoms with Crippen LogP contribution in [-0.4, -0.2) is 12.6 Å². The lowest BCUT2D eigenvalue weighted by Crippen LogP contribution is -2.08. The molecule has 0 heterocycles. The smallest absolute Gasteiger partial charge is 0.0247 e. The van der Waals surface area contributed by atoms with Gasteiger partial charge in [0.05, 0.1) is 0 Å². The van der Waals surface area contributed by atoms with Gasteiger partial charge in [-0.1, -0.05) is 19.8 Å². The van der Waals surface area contributed by atoms with E-state index in [0.29, 0.717) is 0 Å². The van der Waals surface area contributed by atoms with Crippen molar-refractivity contribution in [2.75, 3.05) is 6.54 Å². The van der Waals surface area contributed by atoms with E-state index in [1.807, 2.05) is 0 Å². The minimum absolute atomic E-state index is 0.779. The zero-order valence-electron chi connectivity index (χ0n) is 6.27. The molecule has 0 saturated heterocycles. The van der Waals surface area contributed by atoms with Crippen LogP contribution in [0, 0.1) is 0 Å². The second-order valence-corrected chi connectivity index (χ2v) is 2.84. The maximum absolute atomic E-state index is 4.47. The van der Waals surface area contributed by atoms with Crippen LogP contribution in [0.4, 0.5) is 0 Å². The van der Waals surface area contributed by atoms with Gasteiger partial charge in [-0.05, 0) is 19.3 Å². The van der Waals surface area contributed by atoms with E-state index in [9.17, 15) is 0 Å². The summed E-state index contributed by atoms with van der Waals surface area (Å²) in [5, 5.41) is 4.47. The Labute approximate surface area is 57.8 Å². The first-order valence-corrected chi connectivity index (χ1v) is 4.10. The summed E-state index contributed by atoms with van der Waals surface area (Å²) >= 11 is 0. The second-order valence-electron chi connectivity index (χ2n) is 2.84. The number of rotatable bonds is 5. The summed E-state index contributed by atoms with van der Waals surface area (Å²) in [6.07, 6.45) is 6.72. The molecule has 9 heavy (non-hydrogen) atoms. The van der Waals surface area contributed by atoms with Crippen molar-refractivity contribution in [3.8, 4) is 0 Å². The van der Waals surface area contributed by atoms with Crippen molar-refractivity contribution in [1.82, 2.24) is 5.32 Å². The van der Waals surface area contributed by atoms with Crippen LogP contribution in [0.25, 0.3) is 0 Å². The number of hydrogen-bond acceptors (Lipinski definition) is 0. The third-order valence-corrected chi connectivity index (χ3v) is 1.70. The lowest BCUT2D eigenvalue weighted by Gasteiger charge is -1.96. The highest BCUT2D eigenvalue weighted by atomic mass is 14.9. The summed E-state index contributed by atoms with van der Waals surface area (Å²) in [6.45, 7) is 3.36. The van der Waals surface area contributed by atoms with E-state index in [2.05, 4.69) is 12.2 Å². The van der Waals surface area contributed by atoms with Gasteiger partial charge in [0.15, 0.2) is 0 Å². The van der Waals surface area contributed by atoms with Gasteiger partial charge in [0.1, 0.15) is 0 Å². The first-order chi connectivity index (χ1) is 4.43. The molecule has 0 aromatic heterocycles. The highest BCUT2D eigenvalue weighted by Gasteiger charge is 2.20. The number of nitrogens with zero attached hydrogens (tertiary/aromatic N) is 1. The van der Waals surface area contributed by atoms with Crippen LogP contribution in [0.2, 0.25) is 0 Å². The third kappa shape index (κ3) is 3.52. The molecule has 0 aromatic carbocycles. The fourth-order valence-electron chi connectivity index (χ4n) is 0.893. The molecule has 0 bridgehead atoms. The average molecular weight is 126 g/mol. The zero-order chi connectivity index (χ0) is 6.53. The van der Waals surface area contributed by atoms with Crippen LogP contribution in [-0.2, 0) is 0 Å². The molecule has 0 atom stereocenters. The molecule has 0 amide bonds. The Morgan fingerprint density at radius 3 is 2.67 bits per heavy atom. The Hall–Kier alpha value is -0.0400. The van der Waals surface area contributed by atoms with Gasteiger partial charge in [-0.3, -0.25) is 0 Å². The van der Waals surface area contributed by atoms with Crippen molar-refractivity contribution in [3.63, 3.8) is 0 Å². The van der Waals surface area contributed by atoms with Gasteiger partial charge in [0, 0.05) is 12.6 Å². The van der Waals surface area contributed by atoms with Crippen molar-refractivity contribution in [1.29, 1.82) is 0 Å². The van der Waals surface area contributed by atoms with Crippen molar-refractivity contribution in [2.45, 2.75) is 45.1 Å². The summed E-state index contributed by atoms with van der Waals surface area (Å²) in [7, 11) is 0. The Kier molecular flexibility index (Phi) is 3.05. The zero-order valence-corrected chi connectivity index (χ0v) is 6.27. The molecule has 0 aromatic rings. The van der Waals surface area contributed by atoms with Gasteiger partial charge < -0.3 is 0 Å². The molecule has 0 aliphatic heterocycles. The molecule has 1 radical (unpaired) electrons. The number of unbranched alkanes of at least 4 members (excludes halogenated alkanes) is 2. The SMILES string of the molecule is CCCCC[N]C1CC1. The van der Waals surface area contributed by atoms with E-state index in [0.717, 1.165) is 12.6 Å². The van der Waals surface area contributed by atoms with E-state index in [1.165, 1.54) is 32.1 Å². The minimum Gasteiger partial charge on any atom is -0.238 e. The van der Waals surface area contributed by atoms with Crippen molar-refractivity contribution >= 4 is 0 Å². The van der Waals surface area contributed by atoms with Gasteiger partial charge in [0.2, 0.25) is 0 Å². The molecular weight excluding hydrogens is 110 g/mol. The summed E-state index contributed by atoms with van der Waals surface area (Å²) < 4.78 is 0. The van der Waals surface area contributed by atoms with Gasteiger partial charge >= 0.3 is 0 Å². The number of hydrogen-bond donors (Lipinski definition) is 0. The average Bonchev–Trinajstić information content (AvgIpc) is 2.63. The highest BCUT2D eigenvalue weighted by Crippen LogP contribution is 2.19. The first-order valence-electron chi connectivity index (χ1n) is 4.10. The molecule has 1 aliphatic carbocycles. The molecule has 1 aliphatic rings. The lowest BCUT2D eigenvalue weighted by atomic mass is 10.2. The van der Waals surface area contributed by atoms with E-state index in [-0.39, 0.29) is 0 Å². The largest absolute Gasteiger partial charge is 0.238 e. The molecule has 53 valence electrons. The Bertz CT molecular complexity index is 67.0. The second kappa shape index (κ2) is 3.89. The van der Waals surface area contributed by atoms with Crippen LogP contribution in [0.15, 0.2) is 0 Å². The van der Waals surface area contributed by atoms with Gasteiger partial charge in [-0.2, -0.15) is 0 Å². The maximum Gasteiger partial charge on any atom is 0.0247 e. The van der Waals surface area contributed by atoms with E-state index in [1.54, 1.807) is 0 Å². The molecule has 0 unspecified atom stereocenters. The van der Waals surface area contributed by atoms with Crippen LogP contribution >= 0.6 is 0 Å². The van der Waals surface area contributed by atoms with Crippen LogP contribution in [0.1, 0.15) is 39.0 Å². The highest BCUT2D eigenvalue weighted by molar-refractivity contribution is 4.79. The summed E-state index contributed by atoms with van der Waals surface area (Å²) in [4.78, 5) is 0. The van der Waals surface area contributed by atoms with E-state index >= 15 is 0 Å². The Morgan fingerprint density at radius 1 is 1.33 bits per heavy atom. The maximum atomic E-state index is 4.47. The standard InChI is InChI=1S/C8H16N/c1-2-3-4-7-9-8-5-6-8/h8H,2-7H2,1H3. The van der Waals surface area contributed by atoms with Crippen LogP contribution in [0.5, 0.6) is 0 Å². The van der Waals surface area contributed by atoms with E-state index in [4.69, 9.17) is 0 Å². The fourth-order valence-corrected chi connectivity index (χ4v) is 0.893. The van der Waals surface area contributed by atoms with Crippen molar-refractivity contribution in [3.05, 3.63) is 0 Å². The quantitative estimate of drug-likeness (QED) is 0.500. The lowest BCUT2D eigenvalue weighted by molar-refractivity contribution is 0.604. The van der Waals surface area contributed by atoms with Gasteiger partial charge in [-0.25, -0.2) is 5.32 Å². The monoisotopic (exact) mass is 126 g/mol. The predicted octanol–water partition coefficient (Wildman–Crippen LogP) is 1.94. The molecule has 1 heteroatoms. The first kappa shape index (κ1) is 7.07. The Morgan fingerprint density at radius 2 is 2.11 bits per heavy atom. The van der Waals surface area contributed by atoms with Crippen LogP contribution < -0.4 is 5.32 Å². The van der Waals surface area contributed by atoms with Crippen LogP contribution in [0.3, 0.4) is 0 Å². The molecule has 1 saturated carbocycles. The topological polar surface area (TPSA) is 14.1 Å². The summed E-state index contributed by atoms with van der Waals surface area (Å²) in [5.74, 6) is 0. The van der Waals surface area contributed by atoms with Crippen molar-refractivity contribution < 1.29 is 0 Å². The summed E-state index contributed by atoms with van der Waals surface area (Å²) in [6, 6.07) is 0.779. The Balaban J connectivity index is 1.71. The normalized spacial score (nSPS) is 18.3. The minimum atomic E-state index is 0.779.